The Morgan fingerprint density at radius 3 is 2.78 bits per heavy atom. The SMILES string of the molecule is Cc1cc(C)nc(NCCN2CCCOCC2)n1. The lowest BCUT2D eigenvalue weighted by Gasteiger charge is -2.19. The smallest absolute Gasteiger partial charge is 0.223 e. The van der Waals surface area contributed by atoms with Crippen LogP contribution in [0.1, 0.15) is 17.8 Å². The van der Waals surface area contributed by atoms with Crippen LogP contribution in [-0.4, -0.2) is 54.3 Å². The first-order valence-electron chi connectivity index (χ1n) is 6.60. The van der Waals surface area contributed by atoms with Gasteiger partial charge in [0.2, 0.25) is 5.95 Å². The van der Waals surface area contributed by atoms with Crippen LogP contribution in [0, 0.1) is 13.8 Å². The van der Waals surface area contributed by atoms with E-state index in [0.29, 0.717) is 0 Å². The van der Waals surface area contributed by atoms with Crippen molar-refractivity contribution in [2.75, 3.05) is 44.7 Å². The van der Waals surface area contributed by atoms with Crippen molar-refractivity contribution in [1.82, 2.24) is 14.9 Å². The average Bonchev–Trinajstić information content (AvgIpc) is 2.56. The van der Waals surface area contributed by atoms with Gasteiger partial charge in [-0.05, 0) is 26.3 Å². The molecule has 100 valence electrons. The molecule has 1 aromatic heterocycles. The zero-order valence-corrected chi connectivity index (χ0v) is 11.3. The Hall–Kier alpha value is -1.20. The number of aryl methyl sites for hydroxylation is 2. The van der Waals surface area contributed by atoms with Crippen molar-refractivity contribution in [1.29, 1.82) is 0 Å². The highest BCUT2D eigenvalue weighted by Crippen LogP contribution is 2.04. The molecule has 0 amide bonds. The molecule has 1 N–H and O–H groups in total. The molecule has 2 heterocycles. The summed E-state index contributed by atoms with van der Waals surface area (Å²) >= 11 is 0. The van der Waals surface area contributed by atoms with E-state index in [1.807, 2.05) is 19.9 Å². The van der Waals surface area contributed by atoms with Crippen LogP contribution in [0.2, 0.25) is 0 Å². The second kappa shape index (κ2) is 6.66. The highest BCUT2D eigenvalue weighted by atomic mass is 16.5. The molecule has 1 fully saturated rings. The van der Waals surface area contributed by atoms with Crippen LogP contribution in [-0.2, 0) is 4.74 Å². The standard InChI is InChI=1S/C13H22N4O/c1-11-10-12(2)16-13(15-11)14-4-6-17-5-3-8-18-9-7-17/h10H,3-9H2,1-2H3,(H,14,15,16). The summed E-state index contributed by atoms with van der Waals surface area (Å²) in [5.74, 6) is 0.735. The summed E-state index contributed by atoms with van der Waals surface area (Å²) in [6.45, 7) is 9.76. The van der Waals surface area contributed by atoms with Gasteiger partial charge in [-0.15, -0.1) is 0 Å². The van der Waals surface area contributed by atoms with E-state index in [9.17, 15) is 0 Å². The Morgan fingerprint density at radius 2 is 2.00 bits per heavy atom. The molecule has 5 nitrogen and oxygen atoms in total. The summed E-state index contributed by atoms with van der Waals surface area (Å²) in [5.41, 5.74) is 2.02. The summed E-state index contributed by atoms with van der Waals surface area (Å²) < 4.78 is 5.43. The molecule has 1 aliphatic rings. The minimum atomic E-state index is 0.735. The zero-order chi connectivity index (χ0) is 12.8. The molecule has 5 heteroatoms. The number of hydrogen-bond acceptors (Lipinski definition) is 5. The number of anilines is 1. The van der Waals surface area contributed by atoms with E-state index in [1.54, 1.807) is 0 Å². The predicted octanol–water partition coefficient (Wildman–Crippen LogP) is 1.23. The first kappa shape index (κ1) is 13.2. The molecule has 0 bridgehead atoms. The van der Waals surface area contributed by atoms with Crippen LogP contribution in [0.5, 0.6) is 0 Å². The Kier molecular flexibility index (Phi) is 4.90. The molecule has 1 saturated heterocycles. The lowest BCUT2D eigenvalue weighted by Crippen LogP contribution is -2.31. The second-order valence-electron chi connectivity index (χ2n) is 4.71. The van der Waals surface area contributed by atoms with Gasteiger partial charge in [-0.3, -0.25) is 4.90 Å². The van der Waals surface area contributed by atoms with Gasteiger partial charge in [0, 0.05) is 44.2 Å². The van der Waals surface area contributed by atoms with Crippen molar-refractivity contribution in [2.45, 2.75) is 20.3 Å². The summed E-state index contributed by atoms with van der Waals surface area (Å²) in [5, 5.41) is 3.29. The van der Waals surface area contributed by atoms with Crippen LogP contribution in [0.25, 0.3) is 0 Å². The maximum Gasteiger partial charge on any atom is 0.223 e. The fraction of sp³-hybridized carbons (Fsp3) is 0.692. The van der Waals surface area contributed by atoms with Crippen LogP contribution in [0.3, 0.4) is 0 Å². The Labute approximate surface area is 109 Å². The number of hydrogen-bond donors (Lipinski definition) is 1. The molecular formula is C13H22N4O. The summed E-state index contributed by atoms with van der Waals surface area (Å²) in [7, 11) is 0. The van der Waals surface area contributed by atoms with Gasteiger partial charge in [-0.1, -0.05) is 0 Å². The molecule has 0 aliphatic carbocycles. The van der Waals surface area contributed by atoms with Gasteiger partial charge in [-0.25, -0.2) is 9.97 Å². The van der Waals surface area contributed by atoms with E-state index >= 15 is 0 Å². The number of nitrogens with one attached hydrogen (secondary N) is 1. The Bertz CT molecular complexity index is 355. The highest BCUT2D eigenvalue weighted by Gasteiger charge is 2.08. The van der Waals surface area contributed by atoms with Crippen molar-refractivity contribution >= 4 is 5.95 Å². The number of rotatable bonds is 4. The second-order valence-corrected chi connectivity index (χ2v) is 4.71. The van der Waals surface area contributed by atoms with Crippen molar-refractivity contribution in [3.8, 4) is 0 Å². The Morgan fingerprint density at radius 1 is 1.22 bits per heavy atom. The minimum absolute atomic E-state index is 0.735. The summed E-state index contributed by atoms with van der Waals surface area (Å²) in [6.07, 6.45) is 1.13. The van der Waals surface area contributed by atoms with Crippen molar-refractivity contribution in [3.05, 3.63) is 17.5 Å². The van der Waals surface area contributed by atoms with Crippen LogP contribution < -0.4 is 5.32 Å². The summed E-state index contributed by atoms with van der Waals surface area (Å²) in [6, 6.07) is 1.98. The van der Waals surface area contributed by atoms with Gasteiger partial charge in [0.05, 0.1) is 6.61 Å². The maximum absolute atomic E-state index is 5.43. The molecule has 0 unspecified atom stereocenters. The molecule has 0 atom stereocenters. The quantitative estimate of drug-likeness (QED) is 0.871. The van der Waals surface area contributed by atoms with Crippen molar-refractivity contribution in [3.63, 3.8) is 0 Å². The number of aromatic nitrogens is 2. The van der Waals surface area contributed by atoms with Crippen LogP contribution in [0.15, 0.2) is 6.07 Å². The van der Waals surface area contributed by atoms with E-state index in [-0.39, 0.29) is 0 Å². The molecule has 0 saturated carbocycles. The number of ether oxygens (including phenoxy) is 1. The van der Waals surface area contributed by atoms with Gasteiger partial charge < -0.3 is 10.1 Å². The average molecular weight is 250 g/mol. The van der Waals surface area contributed by atoms with E-state index in [0.717, 1.165) is 63.1 Å². The monoisotopic (exact) mass is 250 g/mol. The fourth-order valence-electron chi connectivity index (χ4n) is 2.15. The van der Waals surface area contributed by atoms with Gasteiger partial charge in [0.25, 0.3) is 0 Å². The molecule has 0 aromatic carbocycles. The molecule has 0 radical (unpaired) electrons. The molecule has 18 heavy (non-hydrogen) atoms. The molecule has 1 aromatic rings. The van der Waals surface area contributed by atoms with Gasteiger partial charge in [0.1, 0.15) is 0 Å². The third-order valence-electron chi connectivity index (χ3n) is 3.01. The first-order valence-corrected chi connectivity index (χ1v) is 6.60. The van der Waals surface area contributed by atoms with E-state index in [1.165, 1.54) is 0 Å². The summed E-state index contributed by atoms with van der Waals surface area (Å²) in [4.78, 5) is 11.2. The minimum Gasteiger partial charge on any atom is -0.380 e. The molecule has 1 aliphatic heterocycles. The molecule has 0 spiro atoms. The number of nitrogens with zero attached hydrogens (tertiary/aromatic N) is 3. The Balaban J connectivity index is 1.77. The fourth-order valence-corrected chi connectivity index (χ4v) is 2.15. The predicted molar refractivity (Wildman–Crippen MR) is 71.9 cm³/mol. The zero-order valence-electron chi connectivity index (χ0n) is 11.3. The van der Waals surface area contributed by atoms with Crippen LogP contribution in [0.4, 0.5) is 5.95 Å². The highest BCUT2D eigenvalue weighted by molar-refractivity contribution is 5.27. The molecular weight excluding hydrogens is 228 g/mol. The van der Waals surface area contributed by atoms with E-state index in [4.69, 9.17) is 4.74 Å². The van der Waals surface area contributed by atoms with Gasteiger partial charge in [0.15, 0.2) is 0 Å². The van der Waals surface area contributed by atoms with Gasteiger partial charge >= 0.3 is 0 Å². The third-order valence-corrected chi connectivity index (χ3v) is 3.01. The van der Waals surface area contributed by atoms with Crippen LogP contribution >= 0.6 is 0 Å². The third kappa shape index (κ3) is 4.23. The van der Waals surface area contributed by atoms with E-state index in [2.05, 4.69) is 20.2 Å². The largest absolute Gasteiger partial charge is 0.380 e. The first-order chi connectivity index (χ1) is 8.74. The van der Waals surface area contributed by atoms with Gasteiger partial charge in [-0.2, -0.15) is 0 Å². The lowest BCUT2D eigenvalue weighted by atomic mass is 10.3. The normalized spacial score (nSPS) is 17.4. The maximum atomic E-state index is 5.43. The molecule has 2 rings (SSSR count). The van der Waals surface area contributed by atoms with Crippen molar-refractivity contribution in [2.24, 2.45) is 0 Å². The van der Waals surface area contributed by atoms with Crippen molar-refractivity contribution < 1.29 is 4.74 Å². The van der Waals surface area contributed by atoms with E-state index < -0.39 is 0 Å². The topological polar surface area (TPSA) is 50.3 Å². The lowest BCUT2D eigenvalue weighted by molar-refractivity contribution is 0.142.